The molecular weight excluding hydrogens is 310 g/mol. The van der Waals surface area contributed by atoms with Crippen LogP contribution in [-0.2, 0) is 5.54 Å². The minimum Gasteiger partial charge on any atom is -0.351 e. The van der Waals surface area contributed by atoms with Gasteiger partial charge in [0.1, 0.15) is 0 Å². The summed E-state index contributed by atoms with van der Waals surface area (Å²) in [5.41, 5.74) is 7.71. The third-order valence-electron chi connectivity index (χ3n) is 5.23. The highest BCUT2D eigenvalue weighted by Crippen LogP contribution is 2.46. The van der Waals surface area contributed by atoms with Crippen molar-refractivity contribution in [3.8, 4) is 0 Å². The van der Waals surface area contributed by atoms with Crippen LogP contribution in [0.4, 0.5) is 4.79 Å². The van der Waals surface area contributed by atoms with Crippen molar-refractivity contribution in [2.24, 2.45) is 5.73 Å². The Balaban J connectivity index is 2.18. The first-order valence-corrected chi connectivity index (χ1v) is 9.11. The Labute approximate surface area is 150 Å². The first-order chi connectivity index (χ1) is 12.2. The molecular formula is C21H27N3O. The van der Waals surface area contributed by atoms with Crippen molar-refractivity contribution < 1.29 is 4.79 Å². The van der Waals surface area contributed by atoms with Crippen molar-refractivity contribution in [2.75, 3.05) is 13.1 Å². The highest BCUT2D eigenvalue weighted by Gasteiger charge is 2.49. The Morgan fingerprint density at radius 1 is 1.16 bits per heavy atom. The van der Waals surface area contributed by atoms with Gasteiger partial charge in [0.2, 0.25) is 0 Å². The van der Waals surface area contributed by atoms with Crippen LogP contribution in [0.15, 0.2) is 60.7 Å². The van der Waals surface area contributed by atoms with Crippen LogP contribution in [0.3, 0.4) is 0 Å². The predicted molar refractivity (Wildman–Crippen MR) is 101 cm³/mol. The molecule has 1 aliphatic heterocycles. The summed E-state index contributed by atoms with van der Waals surface area (Å²) in [6, 6.07) is 20.4. The number of benzene rings is 2. The first-order valence-electron chi connectivity index (χ1n) is 9.11. The minimum atomic E-state index is -0.470. The van der Waals surface area contributed by atoms with Crippen LogP contribution in [0.5, 0.6) is 0 Å². The summed E-state index contributed by atoms with van der Waals surface area (Å²) in [5.74, 6) is 0. The van der Waals surface area contributed by atoms with Crippen molar-refractivity contribution >= 4 is 6.03 Å². The van der Waals surface area contributed by atoms with E-state index in [1.165, 1.54) is 5.56 Å². The van der Waals surface area contributed by atoms with E-state index in [1.807, 2.05) is 29.2 Å². The number of nitrogens with two attached hydrogens (primary N) is 1. The molecule has 4 nitrogen and oxygen atoms in total. The zero-order chi connectivity index (χ0) is 17.7. The van der Waals surface area contributed by atoms with Gasteiger partial charge in [0, 0.05) is 13.1 Å². The predicted octanol–water partition coefficient (Wildman–Crippen LogP) is 3.80. The van der Waals surface area contributed by atoms with Gasteiger partial charge in [0.25, 0.3) is 0 Å². The summed E-state index contributed by atoms with van der Waals surface area (Å²) < 4.78 is 0. The molecule has 1 saturated heterocycles. The molecule has 2 unspecified atom stereocenters. The van der Waals surface area contributed by atoms with Crippen LogP contribution >= 0.6 is 0 Å². The lowest BCUT2D eigenvalue weighted by atomic mass is 9.73. The van der Waals surface area contributed by atoms with E-state index in [9.17, 15) is 4.79 Å². The molecule has 2 amide bonds. The third-order valence-corrected chi connectivity index (χ3v) is 5.23. The van der Waals surface area contributed by atoms with Crippen LogP contribution in [0, 0.1) is 0 Å². The van der Waals surface area contributed by atoms with Gasteiger partial charge in [0.15, 0.2) is 0 Å². The van der Waals surface area contributed by atoms with E-state index in [2.05, 4.69) is 48.6 Å². The number of rotatable bonds is 5. The molecule has 0 aromatic heterocycles. The Morgan fingerprint density at radius 3 is 2.40 bits per heavy atom. The molecule has 132 valence electrons. The number of nitrogens with zero attached hydrogens (tertiary/aromatic N) is 1. The van der Waals surface area contributed by atoms with Gasteiger partial charge in [-0.05, 0) is 17.5 Å². The molecule has 0 spiro atoms. The summed E-state index contributed by atoms with van der Waals surface area (Å²) in [5, 5.41) is 3.67. The highest BCUT2D eigenvalue weighted by atomic mass is 16.2. The second kappa shape index (κ2) is 7.70. The molecule has 4 heteroatoms. The van der Waals surface area contributed by atoms with E-state index in [4.69, 9.17) is 5.73 Å². The number of hydrogen-bond acceptors (Lipinski definition) is 2. The number of urea groups is 1. The van der Waals surface area contributed by atoms with E-state index >= 15 is 0 Å². The van der Waals surface area contributed by atoms with Crippen molar-refractivity contribution in [1.82, 2.24) is 10.2 Å². The number of carbonyl (C=O) groups is 1. The number of amides is 2. The fourth-order valence-electron chi connectivity index (χ4n) is 4.11. The topological polar surface area (TPSA) is 58.4 Å². The number of piperazine rings is 1. The lowest BCUT2D eigenvalue weighted by Gasteiger charge is -2.52. The van der Waals surface area contributed by atoms with E-state index in [-0.39, 0.29) is 12.1 Å². The SMILES string of the molecule is CCCCC1(c2ccccc2)C(c2ccccc2)NCCN1C(N)=O. The van der Waals surface area contributed by atoms with Gasteiger partial charge in [-0.15, -0.1) is 0 Å². The van der Waals surface area contributed by atoms with Crippen molar-refractivity contribution in [2.45, 2.75) is 37.8 Å². The highest BCUT2D eigenvalue weighted by molar-refractivity contribution is 5.74. The third kappa shape index (κ3) is 3.27. The fourth-order valence-corrected chi connectivity index (χ4v) is 4.11. The molecule has 3 N–H and O–H groups in total. The molecule has 1 heterocycles. The molecule has 2 aromatic rings. The molecule has 0 bridgehead atoms. The molecule has 2 aromatic carbocycles. The number of carbonyl (C=O) groups excluding carboxylic acids is 1. The molecule has 3 rings (SSSR count). The van der Waals surface area contributed by atoms with Crippen LogP contribution in [-0.4, -0.2) is 24.0 Å². The summed E-state index contributed by atoms with van der Waals surface area (Å²) in [6.07, 6.45) is 2.98. The van der Waals surface area contributed by atoms with Gasteiger partial charge >= 0.3 is 6.03 Å². The van der Waals surface area contributed by atoms with Crippen molar-refractivity contribution in [3.63, 3.8) is 0 Å². The largest absolute Gasteiger partial charge is 0.351 e. The number of unbranched alkanes of at least 4 members (excludes halogenated alkanes) is 1. The number of primary amides is 1. The smallest absolute Gasteiger partial charge is 0.315 e. The Kier molecular flexibility index (Phi) is 5.39. The van der Waals surface area contributed by atoms with Crippen LogP contribution in [0.25, 0.3) is 0 Å². The minimum absolute atomic E-state index is 0.0175. The van der Waals surface area contributed by atoms with Gasteiger partial charge < -0.3 is 16.0 Å². The van der Waals surface area contributed by atoms with Crippen LogP contribution in [0.1, 0.15) is 43.4 Å². The lowest BCUT2D eigenvalue weighted by molar-refractivity contribution is 0.0404. The lowest BCUT2D eigenvalue weighted by Crippen LogP contribution is -2.63. The average Bonchev–Trinajstić information content (AvgIpc) is 2.67. The Hall–Kier alpha value is -2.33. The maximum Gasteiger partial charge on any atom is 0.315 e. The summed E-state index contributed by atoms with van der Waals surface area (Å²) in [7, 11) is 0. The molecule has 2 atom stereocenters. The van der Waals surface area contributed by atoms with Crippen molar-refractivity contribution in [1.29, 1.82) is 0 Å². The average molecular weight is 337 g/mol. The molecule has 1 fully saturated rings. The van der Waals surface area contributed by atoms with E-state index in [0.717, 1.165) is 31.4 Å². The summed E-state index contributed by atoms with van der Waals surface area (Å²) in [4.78, 5) is 14.3. The van der Waals surface area contributed by atoms with E-state index in [1.54, 1.807) is 0 Å². The quantitative estimate of drug-likeness (QED) is 0.872. The molecule has 25 heavy (non-hydrogen) atoms. The maximum absolute atomic E-state index is 12.4. The Bertz CT molecular complexity index is 689. The fraction of sp³-hybridized carbons (Fsp3) is 0.381. The Morgan fingerprint density at radius 2 is 1.80 bits per heavy atom. The number of hydrogen-bond donors (Lipinski definition) is 2. The van der Waals surface area contributed by atoms with E-state index in [0.29, 0.717) is 6.54 Å². The van der Waals surface area contributed by atoms with Crippen LogP contribution in [0.2, 0.25) is 0 Å². The van der Waals surface area contributed by atoms with Gasteiger partial charge in [-0.2, -0.15) is 0 Å². The standard InChI is InChI=1S/C21H27N3O/c1-2-3-14-21(18-12-8-5-9-13-18)19(17-10-6-4-7-11-17)23-15-16-24(21)20(22)25/h4-13,19,23H,2-3,14-16H2,1H3,(H2,22,25). The zero-order valence-corrected chi connectivity index (χ0v) is 14.8. The number of nitrogens with one attached hydrogen (secondary N) is 1. The van der Waals surface area contributed by atoms with Crippen molar-refractivity contribution in [3.05, 3.63) is 71.8 Å². The second-order valence-corrected chi connectivity index (χ2v) is 6.68. The molecule has 0 radical (unpaired) electrons. The maximum atomic E-state index is 12.4. The van der Waals surface area contributed by atoms with Gasteiger partial charge in [0.05, 0.1) is 11.6 Å². The zero-order valence-electron chi connectivity index (χ0n) is 14.8. The van der Waals surface area contributed by atoms with Crippen LogP contribution < -0.4 is 11.1 Å². The molecule has 1 aliphatic rings. The second-order valence-electron chi connectivity index (χ2n) is 6.68. The monoisotopic (exact) mass is 337 g/mol. The van der Waals surface area contributed by atoms with Gasteiger partial charge in [-0.1, -0.05) is 80.4 Å². The van der Waals surface area contributed by atoms with Gasteiger partial charge in [-0.25, -0.2) is 4.79 Å². The summed E-state index contributed by atoms with van der Waals surface area (Å²) >= 11 is 0. The summed E-state index contributed by atoms with van der Waals surface area (Å²) in [6.45, 7) is 3.54. The molecule has 0 saturated carbocycles. The molecule has 0 aliphatic carbocycles. The first kappa shape index (κ1) is 17.5. The van der Waals surface area contributed by atoms with Gasteiger partial charge in [-0.3, -0.25) is 0 Å². The van der Waals surface area contributed by atoms with E-state index < -0.39 is 5.54 Å². The normalized spacial score (nSPS) is 23.4.